The number of pyridine rings is 2. The van der Waals surface area contributed by atoms with E-state index >= 15 is 0 Å². The monoisotopic (exact) mass is 332 g/mol. The van der Waals surface area contributed by atoms with Gasteiger partial charge in [-0.15, -0.1) is 0 Å². The number of rotatable bonds is 5. The zero-order chi connectivity index (χ0) is 17.5. The van der Waals surface area contributed by atoms with Gasteiger partial charge >= 0.3 is 0 Å². The first kappa shape index (κ1) is 16.5. The van der Waals surface area contributed by atoms with E-state index in [1.165, 1.54) is 6.07 Å². The highest BCUT2D eigenvalue weighted by molar-refractivity contribution is 6.11. The number of aliphatic imine (C=N–C) groups is 1. The number of benzene rings is 1. The van der Waals surface area contributed by atoms with Gasteiger partial charge in [0.15, 0.2) is 0 Å². The van der Waals surface area contributed by atoms with Crippen molar-refractivity contribution in [1.82, 2.24) is 9.97 Å². The van der Waals surface area contributed by atoms with Gasteiger partial charge in [0.05, 0.1) is 23.6 Å². The van der Waals surface area contributed by atoms with E-state index in [1.807, 2.05) is 30.3 Å². The van der Waals surface area contributed by atoms with Gasteiger partial charge in [-0.25, -0.2) is 4.39 Å². The maximum atomic E-state index is 13.8. The summed E-state index contributed by atoms with van der Waals surface area (Å²) in [4.78, 5) is 12.8. The van der Waals surface area contributed by atoms with Crippen molar-refractivity contribution in [2.45, 2.75) is 6.54 Å². The molecule has 3 rings (SSSR count). The van der Waals surface area contributed by atoms with Crippen LogP contribution in [-0.2, 0) is 6.54 Å². The number of nitrogens with two attached hydrogens (primary N) is 1. The van der Waals surface area contributed by atoms with E-state index in [-0.39, 0.29) is 12.4 Å². The van der Waals surface area contributed by atoms with E-state index in [1.54, 1.807) is 42.9 Å². The fourth-order valence-electron chi connectivity index (χ4n) is 2.29. The molecule has 0 spiro atoms. The summed E-state index contributed by atoms with van der Waals surface area (Å²) in [7, 11) is 0. The Labute approximate surface area is 145 Å². The lowest BCUT2D eigenvalue weighted by Crippen LogP contribution is -2.05. The van der Waals surface area contributed by atoms with Gasteiger partial charge in [0.2, 0.25) is 0 Å². The van der Waals surface area contributed by atoms with Crippen LogP contribution < -0.4 is 5.73 Å². The molecule has 25 heavy (non-hydrogen) atoms. The summed E-state index contributed by atoms with van der Waals surface area (Å²) in [6, 6.07) is 15.8. The highest BCUT2D eigenvalue weighted by Gasteiger charge is 2.05. The SMILES string of the molecule is NC(=CC(=NCc1ccccc1F)c1ccncc1)c1ccccn1. The average Bonchev–Trinajstić information content (AvgIpc) is 2.67. The minimum atomic E-state index is -0.276. The number of hydrogen-bond donors (Lipinski definition) is 1. The van der Waals surface area contributed by atoms with Crippen LogP contribution in [0.25, 0.3) is 5.70 Å². The molecule has 0 aliphatic carbocycles. The van der Waals surface area contributed by atoms with E-state index in [4.69, 9.17) is 5.73 Å². The standard InChI is InChI=1S/C20H17FN4/c21-17-6-2-1-5-16(17)14-25-20(15-8-11-23-12-9-15)13-18(22)19-7-3-4-10-24-19/h1-13H,14,22H2. The van der Waals surface area contributed by atoms with Crippen molar-refractivity contribution in [2.24, 2.45) is 10.7 Å². The second-order valence-corrected chi connectivity index (χ2v) is 5.34. The molecule has 0 fully saturated rings. The van der Waals surface area contributed by atoms with E-state index in [0.717, 1.165) is 5.56 Å². The molecule has 1 aromatic carbocycles. The second kappa shape index (κ2) is 7.97. The Bertz CT molecular complexity index is 890. The van der Waals surface area contributed by atoms with E-state index in [0.29, 0.717) is 22.7 Å². The van der Waals surface area contributed by atoms with Gasteiger partial charge in [-0.05, 0) is 36.4 Å². The quantitative estimate of drug-likeness (QED) is 0.726. The summed E-state index contributed by atoms with van der Waals surface area (Å²) >= 11 is 0. The molecule has 4 nitrogen and oxygen atoms in total. The van der Waals surface area contributed by atoms with E-state index in [9.17, 15) is 4.39 Å². The first-order valence-electron chi connectivity index (χ1n) is 7.81. The Hall–Kier alpha value is -3.34. The fourth-order valence-corrected chi connectivity index (χ4v) is 2.29. The minimum absolute atomic E-state index is 0.219. The average molecular weight is 332 g/mol. The summed E-state index contributed by atoms with van der Waals surface area (Å²) in [5.74, 6) is -0.276. The molecule has 0 bridgehead atoms. The smallest absolute Gasteiger partial charge is 0.128 e. The van der Waals surface area contributed by atoms with Gasteiger partial charge in [0.25, 0.3) is 0 Å². The first-order chi connectivity index (χ1) is 12.2. The number of aromatic nitrogens is 2. The molecule has 0 atom stereocenters. The zero-order valence-corrected chi connectivity index (χ0v) is 13.5. The van der Waals surface area contributed by atoms with Crippen LogP contribution in [0.15, 0.2) is 84.3 Å². The molecule has 2 heterocycles. The molecule has 0 radical (unpaired) electrons. The molecular weight excluding hydrogens is 315 g/mol. The molecule has 124 valence electrons. The molecule has 0 unspecified atom stereocenters. The van der Waals surface area contributed by atoms with Gasteiger partial charge in [-0.2, -0.15) is 0 Å². The van der Waals surface area contributed by atoms with Crippen LogP contribution >= 0.6 is 0 Å². The Morgan fingerprint density at radius 2 is 1.76 bits per heavy atom. The van der Waals surface area contributed by atoms with Crippen molar-refractivity contribution in [3.05, 3.63) is 102 Å². The molecular formula is C20H17FN4. The maximum absolute atomic E-state index is 13.8. The van der Waals surface area contributed by atoms with Crippen LogP contribution in [0.2, 0.25) is 0 Å². The molecule has 0 aliphatic heterocycles. The minimum Gasteiger partial charge on any atom is -0.397 e. The van der Waals surface area contributed by atoms with Crippen molar-refractivity contribution in [2.75, 3.05) is 0 Å². The summed E-state index contributed by atoms with van der Waals surface area (Å²) in [6.45, 7) is 0.219. The van der Waals surface area contributed by atoms with Gasteiger partial charge in [0.1, 0.15) is 5.82 Å². The largest absolute Gasteiger partial charge is 0.397 e. The van der Waals surface area contributed by atoms with Crippen LogP contribution in [0.1, 0.15) is 16.8 Å². The Balaban J connectivity index is 1.96. The van der Waals surface area contributed by atoms with Crippen LogP contribution in [0.5, 0.6) is 0 Å². The van der Waals surface area contributed by atoms with Crippen molar-refractivity contribution in [3.63, 3.8) is 0 Å². The normalized spacial score (nSPS) is 12.2. The Morgan fingerprint density at radius 3 is 2.48 bits per heavy atom. The molecule has 0 saturated heterocycles. The maximum Gasteiger partial charge on any atom is 0.128 e. The van der Waals surface area contributed by atoms with Crippen LogP contribution in [-0.4, -0.2) is 15.7 Å². The summed E-state index contributed by atoms with van der Waals surface area (Å²) < 4.78 is 13.8. The van der Waals surface area contributed by atoms with Crippen LogP contribution in [0.3, 0.4) is 0 Å². The number of halogens is 1. The molecule has 3 aromatic rings. The number of hydrogen-bond acceptors (Lipinski definition) is 4. The first-order valence-corrected chi connectivity index (χ1v) is 7.81. The molecule has 5 heteroatoms. The van der Waals surface area contributed by atoms with Crippen molar-refractivity contribution < 1.29 is 4.39 Å². The molecule has 2 N–H and O–H groups in total. The van der Waals surface area contributed by atoms with Crippen molar-refractivity contribution in [3.8, 4) is 0 Å². The van der Waals surface area contributed by atoms with Crippen molar-refractivity contribution in [1.29, 1.82) is 0 Å². The Morgan fingerprint density at radius 1 is 1.00 bits per heavy atom. The molecule has 0 saturated carbocycles. The second-order valence-electron chi connectivity index (χ2n) is 5.34. The lowest BCUT2D eigenvalue weighted by atomic mass is 10.1. The van der Waals surface area contributed by atoms with Gasteiger partial charge in [0, 0.05) is 29.7 Å². The summed E-state index contributed by atoms with van der Waals surface area (Å²) in [5.41, 5.74) is 9.34. The van der Waals surface area contributed by atoms with Gasteiger partial charge in [-0.3, -0.25) is 15.0 Å². The summed E-state index contributed by atoms with van der Waals surface area (Å²) in [6.07, 6.45) is 6.79. The van der Waals surface area contributed by atoms with Crippen LogP contribution in [0.4, 0.5) is 4.39 Å². The fraction of sp³-hybridized carbons (Fsp3) is 0.0500. The lowest BCUT2D eigenvalue weighted by molar-refractivity contribution is 0.611. The van der Waals surface area contributed by atoms with E-state index in [2.05, 4.69) is 15.0 Å². The van der Waals surface area contributed by atoms with E-state index < -0.39 is 0 Å². The predicted octanol–water partition coefficient (Wildman–Crippen LogP) is 3.60. The zero-order valence-electron chi connectivity index (χ0n) is 13.5. The highest BCUT2D eigenvalue weighted by atomic mass is 19.1. The highest BCUT2D eigenvalue weighted by Crippen LogP contribution is 2.12. The molecule has 0 aliphatic rings. The molecule has 2 aromatic heterocycles. The number of allylic oxidation sites excluding steroid dienone is 1. The molecule has 0 amide bonds. The third-order valence-corrected chi connectivity index (χ3v) is 3.61. The Kier molecular flexibility index (Phi) is 5.26. The summed E-state index contributed by atoms with van der Waals surface area (Å²) in [5, 5.41) is 0. The third-order valence-electron chi connectivity index (χ3n) is 3.61. The topological polar surface area (TPSA) is 64.2 Å². The van der Waals surface area contributed by atoms with Crippen molar-refractivity contribution >= 4 is 11.4 Å². The van der Waals surface area contributed by atoms with Crippen LogP contribution in [0, 0.1) is 5.82 Å². The van der Waals surface area contributed by atoms with Gasteiger partial charge in [-0.1, -0.05) is 24.3 Å². The number of nitrogens with zero attached hydrogens (tertiary/aromatic N) is 3. The third kappa shape index (κ3) is 4.35. The lowest BCUT2D eigenvalue weighted by Gasteiger charge is -2.06. The van der Waals surface area contributed by atoms with Gasteiger partial charge < -0.3 is 5.73 Å². The predicted molar refractivity (Wildman–Crippen MR) is 97.3 cm³/mol.